The van der Waals surface area contributed by atoms with Crippen LogP contribution in [0.2, 0.25) is 0 Å². The number of hydrogen-bond acceptors (Lipinski definition) is 3. The van der Waals surface area contributed by atoms with Crippen LogP contribution >= 0.6 is 0 Å². The molecule has 3 rings (SSSR count). The summed E-state index contributed by atoms with van der Waals surface area (Å²) in [5, 5.41) is 8.16. The number of rotatable bonds is 6. The van der Waals surface area contributed by atoms with E-state index in [1.165, 1.54) is 13.0 Å². The van der Waals surface area contributed by atoms with Gasteiger partial charge in [0.05, 0.1) is 0 Å². The summed E-state index contributed by atoms with van der Waals surface area (Å²) in [5.74, 6) is -1.23. The summed E-state index contributed by atoms with van der Waals surface area (Å²) < 4.78 is 0. The Morgan fingerprint density at radius 2 is 1.03 bits per heavy atom. The summed E-state index contributed by atoms with van der Waals surface area (Å²) in [7, 11) is 0. The molecule has 0 aliphatic carbocycles. The van der Waals surface area contributed by atoms with Gasteiger partial charge in [-0.05, 0) is 48.0 Å². The van der Waals surface area contributed by atoms with E-state index in [0.717, 1.165) is 0 Å². The molecule has 0 radical (unpaired) electrons. The van der Waals surface area contributed by atoms with E-state index in [4.69, 9.17) is 0 Å². The largest absolute Gasteiger partial charge is 0.326 e. The molecule has 30 heavy (non-hydrogen) atoms. The van der Waals surface area contributed by atoms with Gasteiger partial charge in [0.25, 0.3) is 11.8 Å². The Bertz CT molecular complexity index is 1000. The lowest BCUT2D eigenvalue weighted by molar-refractivity contribution is -0.118. The van der Waals surface area contributed by atoms with E-state index in [0.29, 0.717) is 22.6 Å². The molecule has 3 aromatic rings. The molecule has 150 valence electrons. The molecule has 3 N–H and O–H groups in total. The van der Waals surface area contributed by atoms with Crippen LogP contribution in [0.15, 0.2) is 90.5 Å². The fourth-order valence-electron chi connectivity index (χ4n) is 2.71. The van der Waals surface area contributed by atoms with Gasteiger partial charge in [-0.15, -0.1) is 0 Å². The molecule has 0 saturated carbocycles. The predicted octanol–water partition coefficient (Wildman–Crippen LogP) is 4.31. The summed E-state index contributed by atoms with van der Waals surface area (Å²) >= 11 is 0. The lowest BCUT2D eigenvalue weighted by Crippen LogP contribution is -2.25. The van der Waals surface area contributed by atoms with Crippen LogP contribution in [0.25, 0.3) is 6.08 Å². The molecule has 0 saturated heterocycles. The summed E-state index contributed by atoms with van der Waals surface area (Å²) in [6.07, 6.45) is 1.51. The van der Waals surface area contributed by atoms with Crippen LogP contribution in [0.5, 0.6) is 0 Å². The van der Waals surface area contributed by atoms with Crippen molar-refractivity contribution in [3.8, 4) is 0 Å². The smallest absolute Gasteiger partial charge is 0.261 e. The fourth-order valence-corrected chi connectivity index (χ4v) is 2.71. The second-order valence-corrected chi connectivity index (χ2v) is 6.50. The number of carbonyl (C=O) groups excluding carboxylic acids is 3. The van der Waals surface area contributed by atoms with E-state index >= 15 is 0 Å². The minimum Gasteiger partial charge on any atom is -0.326 e. The third-order valence-electron chi connectivity index (χ3n) is 4.09. The van der Waals surface area contributed by atoms with Crippen molar-refractivity contribution in [3.05, 3.63) is 96.1 Å². The second kappa shape index (κ2) is 9.84. The maximum absolute atomic E-state index is 12.9. The van der Waals surface area contributed by atoms with Gasteiger partial charge in [-0.3, -0.25) is 14.4 Å². The van der Waals surface area contributed by atoms with Gasteiger partial charge in [0.1, 0.15) is 5.57 Å². The van der Waals surface area contributed by atoms with Crippen LogP contribution in [0.4, 0.5) is 17.1 Å². The highest BCUT2D eigenvalue weighted by atomic mass is 16.2. The molecular formula is C24H21N3O3. The van der Waals surface area contributed by atoms with Crippen LogP contribution in [0.1, 0.15) is 12.5 Å². The fraction of sp³-hybridized carbons (Fsp3) is 0.0417. The van der Waals surface area contributed by atoms with E-state index in [1.54, 1.807) is 72.8 Å². The molecule has 6 heteroatoms. The van der Waals surface area contributed by atoms with Crippen molar-refractivity contribution in [2.45, 2.75) is 6.92 Å². The molecule has 0 aliphatic heterocycles. The molecule has 3 amide bonds. The summed E-state index contributed by atoms with van der Waals surface area (Å²) in [6, 6.07) is 24.7. The topological polar surface area (TPSA) is 87.3 Å². The van der Waals surface area contributed by atoms with Crippen molar-refractivity contribution in [3.63, 3.8) is 0 Å². The van der Waals surface area contributed by atoms with Crippen molar-refractivity contribution in [1.82, 2.24) is 0 Å². The van der Waals surface area contributed by atoms with Gasteiger partial charge < -0.3 is 16.0 Å². The van der Waals surface area contributed by atoms with Crippen LogP contribution in [-0.4, -0.2) is 17.7 Å². The Labute approximate surface area is 174 Å². The van der Waals surface area contributed by atoms with Crippen LogP contribution in [-0.2, 0) is 14.4 Å². The molecule has 0 aliphatic rings. The Kier molecular flexibility index (Phi) is 6.74. The quantitative estimate of drug-likeness (QED) is 0.328. The Morgan fingerprint density at radius 3 is 1.47 bits per heavy atom. The normalized spacial score (nSPS) is 9.90. The number of carbonyl (C=O) groups is 3. The van der Waals surface area contributed by atoms with Gasteiger partial charge in [-0.1, -0.05) is 48.5 Å². The van der Waals surface area contributed by atoms with Crippen molar-refractivity contribution in [2.75, 3.05) is 16.0 Å². The van der Waals surface area contributed by atoms with Gasteiger partial charge in [-0.2, -0.15) is 0 Å². The van der Waals surface area contributed by atoms with Crippen molar-refractivity contribution >= 4 is 40.9 Å². The SMILES string of the molecule is CC(=O)Nc1ccc(C=C(C(=O)Nc2ccccc2)C(=O)Nc2ccccc2)cc1. The van der Waals surface area contributed by atoms with E-state index in [9.17, 15) is 14.4 Å². The highest BCUT2D eigenvalue weighted by molar-refractivity contribution is 6.28. The standard InChI is InChI=1S/C24H21N3O3/c1-17(28)25-21-14-12-18(13-15-21)16-22(23(29)26-19-8-4-2-5-9-19)24(30)27-20-10-6-3-7-11-20/h2-16H,1H3,(H,25,28)(H,26,29)(H,27,30). The van der Waals surface area contributed by atoms with Crippen LogP contribution in [0.3, 0.4) is 0 Å². The summed E-state index contributed by atoms with van der Waals surface area (Å²) in [6.45, 7) is 1.42. The number of amides is 3. The third kappa shape index (κ3) is 5.90. The first kappa shape index (κ1) is 20.5. The van der Waals surface area contributed by atoms with Crippen molar-refractivity contribution < 1.29 is 14.4 Å². The van der Waals surface area contributed by atoms with Gasteiger partial charge in [0, 0.05) is 24.0 Å². The lowest BCUT2D eigenvalue weighted by Gasteiger charge is -2.11. The van der Waals surface area contributed by atoms with Gasteiger partial charge in [0.15, 0.2) is 0 Å². The van der Waals surface area contributed by atoms with E-state index in [2.05, 4.69) is 16.0 Å². The average molecular weight is 399 g/mol. The zero-order chi connectivity index (χ0) is 21.3. The minimum atomic E-state index is -0.527. The number of nitrogens with one attached hydrogen (secondary N) is 3. The van der Waals surface area contributed by atoms with E-state index in [1.807, 2.05) is 12.1 Å². The molecule has 0 unspecified atom stereocenters. The molecular weight excluding hydrogens is 378 g/mol. The Balaban J connectivity index is 1.87. The molecule has 0 fully saturated rings. The highest BCUT2D eigenvalue weighted by Crippen LogP contribution is 2.16. The lowest BCUT2D eigenvalue weighted by atomic mass is 10.1. The monoisotopic (exact) mass is 399 g/mol. The first-order valence-electron chi connectivity index (χ1n) is 9.33. The molecule has 6 nitrogen and oxygen atoms in total. The maximum atomic E-state index is 12.9. The number of anilines is 3. The molecule has 0 spiro atoms. The number of para-hydroxylation sites is 2. The van der Waals surface area contributed by atoms with Crippen LogP contribution in [0, 0.1) is 0 Å². The molecule has 0 atom stereocenters. The Hall–Kier alpha value is -4.19. The zero-order valence-corrected chi connectivity index (χ0v) is 16.4. The zero-order valence-electron chi connectivity index (χ0n) is 16.4. The first-order chi connectivity index (χ1) is 14.5. The third-order valence-corrected chi connectivity index (χ3v) is 4.09. The number of hydrogen-bond donors (Lipinski definition) is 3. The van der Waals surface area contributed by atoms with Gasteiger partial charge >= 0.3 is 0 Å². The van der Waals surface area contributed by atoms with Crippen molar-refractivity contribution in [1.29, 1.82) is 0 Å². The average Bonchev–Trinajstić information content (AvgIpc) is 2.74. The number of benzene rings is 3. The predicted molar refractivity (Wildman–Crippen MR) is 119 cm³/mol. The molecule has 3 aromatic carbocycles. The van der Waals surface area contributed by atoms with Gasteiger partial charge in [-0.25, -0.2) is 0 Å². The van der Waals surface area contributed by atoms with Crippen LogP contribution < -0.4 is 16.0 Å². The maximum Gasteiger partial charge on any atom is 0.261 e. The molecule has 0 bridgehead atoms. The Morgan fingerprint density at radius 1 is 0.600 bits per heavy atom. The second-order valence-electron chi connectivity index (χ2n) is 6.50. The van der Waals surface area contributed by atoms with Gasteiger partial charge in [0.2, 0.25) is 5.91 Å². The molecule has 0 heterocycles. The highest BCUT2D eigenvalue weighted by Gasteiger charge is 2.19. The van der Waals surface area contributed by atoms with E-state index in [-0.39, 0.29) is 11.5 Å². The van der Waals surface area contributed by atoms with Crippen molar-refractivity contribution in [2.24, 2.45) is 0 Å². The summed E-state index contributed by atoms with van der Waals surface area (Å²) in [4.78, 5) is 36.9. The molecule has 0 aromatic heterocycles. The first-order valence-corrected chi connectivity index (χ1v) is 9.33. The summed E-state index contributed by atoms with van der Waals surface area (Å²) in [5.41, 5.74) is 2.40. The minimum absolute atomic E-state index is 0.0463. The van der Waals surface area contributed by atoms with E-state index < -0.39 is 11.8 Å².